The summed E-state index contributed by atoms with van der Waals surface area (Å²) in [5.74, 6) is 0. The summed E-state index contributed by atoms with van der Waals surface area (Å²) in [6.07, 6.45) is -4.81. The van der Waals surface area contributed by atoms with E-state index in [1.54, 1.807) is 0 Å². The van der Waals surface area contributed by atoms with Crippen LogP contribution in [0.15, 0.2) is 0 Å². The molecule has 0 aliphatic rings. The highest BCUT2D eigenvalue weighted by molar-refractivity contribution is 8.33. The Hall–Kier alpha value is 2.82. The molecule has 0 saturated heterocycles. The second-order valence-corrected chi connectivity index (χ2v) is 178. The van der Waals surface area contributed by atoms with Gasteiger partial charge in [0.05, 0.1) is 0 Å². The molecule has 0 atom stereocenters. The van der Waals surface area contributed by atoms with Crippen molar-refractivity contribution in [2.45, 2.75) is 183 Å². The number of hydrogen-bond donors (Lipinski definition) is 0. The first-order valence-electron chi connectivity index (χ1n) is 17.0. The average molecular weight is 786 g/mol. The second-order valence-electron chi connectivity index (χ2n) is 23.5. The van der Waals surface area contributed by atoms with Crippen molar-refractivity contribution in [2.24, 2.45) is 0 Å². The van der Waals surface area contributed by atoms with Gasteiger partial charge in [-0.25, -0.2) is 0 Å². The monoisotopic (exact) mass is 784 g/mol. The van der Waals surface area contributed by atoms with Crippen molar-refractivity contribution in [3.05, 3.63) is 0 Å². The van der Waals surface area contributed by atoms with Gasteiger partial charge in [-0.2, -0.15) is 0 Å². The van der Waals surface area contributed by atoms with E-state index in [1.165, 1.54) is 0 Å². The number of hydrogen-bond acceptors (Lipinski definition) is 0. The minimum Gasteiger partial charge on any atom is -0.0742 e. The van der Waals surface area contributed by atoms with Gasteiger partial charge in [-0.3, -0.25) is 0 Å². The Bertz CT molecular complexity index is 777. The zero-order valence-electron chi connectivity index (χ0n) is 34.5. The molecule has 0 aliphatic heterocycles. The lowest BCUT2D eigenvalue weighted by Crippen LogP contribution is -3.11. The van der Waals surface area contributed by atoms with Gasteiger partial charge in [0.25, 0.3) is 0 Å². The summed E-state index contributed by atoms with van der Waals surface area (Å²) in [5.41, 5.74) is 0. The zero-order valence-corrected chi connectivity index (χ0v) is 47.5. The van der Waals surface area contributed by atoms with E-state index in [4.69, 9.17) is 0 Å². The van der Waals surface area contributed by atoms with Gasteiger partial charge in [-0.15, -0.1) is 0 Å². The van der Waals surface area contributed by atoms with Gasteiger partial charge in [0.1, 0.15) is 0 Å². The third kappa shape index (κ3) is 5.81. The van der Waals surface area contributed by atoms with E-state index in [2.05, 4.69) is 183 Å². The molecule has 0 fully saturated rings. The van der Waals surface area contributed by atoms with Crippen molar-refractivity contribution in [3.63, 3.8) is 0 Å². The van der Waals surface area contributed by atoms with Crippen LogP contribution in [-0.2, 0) is 0 Å². The van der Waals surface area contributed by atoms with Crippen molar-refractivity contribution in [3.8, 4) is 0 Å². The Kier molecular flexibility index (Phi) is 12.3. The van der Waals surface area contributed by atoms with Crippen molar-refractivity contribution in [1.82, 2.24) is 0 Å². The largest absolute Gasteiger partial charge is 0.0742 e. The molecule has 0 heterocycles. The van der Waals surface area contributed by atoms with Gasteiger partial charge in [0, 0.05) is 93.4 Å². The molecule has 0 saturated carbocycles. The minimum atomic E-state index is -1.70. The van der Waals surface area contributed by atoms with Crippen LogP contribution in [0, 0.1) is 0 Å². The van der Waals surface area contributed by atoms with Gasteiger partial charge >= 0.3 is 0 Å². The van der Waals surface area contributed by atoms with Crippen molar-refractivity contribution in [1.29, 1.82) is 0 Å². The molecular formula is C28H84Si13. The molecule has 0 unspecified atom stereocenters. The maximum absolute atomic E-state index is 3.27. The summed E-state index contributed by atoms with van der Waals surface area (Å²) in [6.45, 7) is 84.7. The lowest BCUT2D eigenvalue weighted by molar-refractivity contribution is 1.72. The van der Waals surface area contributed by atoms with Crippen LogP contribution in [-0.4, -0.2) is 93.4 Å². The molecule has 248 valence electrons. The number of rotatable bonds is 12. The summed E-state index contributed by atoms with van der Waals surface area (Å²) in [4.78, 5) is 0. The molecule has 41 heavy (non-hydrogen) atoms. The SMILES string of the molecule is C[Si](C)(C)[Si]([Si](C)(C)C)([Si](C)(C)C)[Si](C)(C)[Si]([Si](C)(C)C)([Si](C)(C)C)[Si](C)(C)[Si]([Si](C)(C)C)([Si](C)(C)C)[Si](C)(C)C. The minimum absolute atomic E-state index is 1.41. The molecule has 0 bridgehead atoms. The van der Waals surface area contributed by atoms with E-state index in [0.717, 1.165) is 0 Å². The smallest absolute Gasteiger partial charge is 0.0311 e. The van der Waals surface area contributed by atoms with Crippen LogP contribution in [0.1, 0.15) is 0 Å². The van der Waals surface area contributed by atoms with E-state index in [9.17, 15) is 0 Å². The van der Waals surface area contributed by atoms with E-state index in [1.807, 2.05) is 0 Å². The first-order chi connectivity index (χ1) is 17.0. The molecule has 13 heteroatoms. The van der Waals surface area contributed by atoms with Crippen molar-refractivity contribution in [2.75, 3.05) is 0 Å². The Labute approximate surface area is 274 Å². The van der Waals surface area contributed by atoms with Crippen LogP contribution < -0.4 is 0 Å². The Morgan fingerprint density at radius 1 is 0.146 bits per heavy atom. The average Bonchev–Trinajstić information content (AvgIpc) is 2.39. The molecule has 0 aromatic rings. The van der Waals surface area contributed by atoms with Crippen LogP contribution in [0.5, 0.6) is 0 Å². The maximum Gasteiger partial charge on any atom is 0.0311 e. The van der Waals surface area contributed by atoms with E-state index in [-0.39, 0.29) is 0 Å². The standard InChI is InChI=1S/C28H84Si13/c1-29(2,3)39(30(4,5)6,31(7,8)9)37(25,26)41(35(19,20)21,36(22,23)24)38(27,28)40(32(10,11)12,33(13,14)15)34(16,17)18/h1-28H3. The predicted molar refractivity (Wildman–Crippen MR) is 239 cm³/mol. The van der Waals surface area contributed by atoms with Crippen molar-refractivity contribution < 1.29 is 0 Å². The first-order valence-corrected chi connectivity index (χ1v) is 69.0. The van der Waals surface area contributed by atoms with Crippen LogP contribution in [0.2, 0.25) is 183 Å². The summed E-state index contributed by atoms with van der Waals surface area (Å²) in [6, 6.07) is 0. The highest BCUT2D eigenvalue weighted by Gasteiger charge is 2.85. The Balaban J connectivity index is 9.61. The molecule has 0 nitrogen and oxygen atoms in total. The van der Waals surface area contributed by atoms with Crippen molar-refractivity contribution >= 4 is 93.4 Å². The van der Waals surface area contributed by atoms with E-state index in [0.29, 0.717) is 0 Å². The highest BCUT2D eigenvalue weighted by Crippen LogP contribution is 2.58. The highest BCUT2D eigenvalue weighted by atomic mass is 30.5. The van der Waals surface area contributed by atoms with Crippen LogP contribution >= 0.6 is 0 Å². The van der Waals surface area contributed by atoms with Gasteiger partial charge < -0.3 is 0 Å². The van der Waals surface area contributed by atoms with Crippen LogP contribution in [0.3, 0.4) is 0 Å². The van der Waals surface area contributed by atoms with Gasteiger partial charge in [0.15, 0.2) is 0 Å². The second kappa shape index (κ2) is 11.5. The quantitative estimate of drug-likeness (QED) is 0.173. The predicted octanol–water partition coefficient (Wildman–Crippen LogP) is 11.4. The zero-order chi connectivity index (χ0) is 34.5. The summed E-state index contributed by atoms with van der Waals surface area (Å²) >= 11 is 0. The molecule has 0 amide bonds. The fourth-order valence-corrected chi connectivity index (χ4v) is 745. The van der Waals surface area contributed by atoms with Gasteiger partial charge in [-0.1, -0.05) is 183 Å². The van der Waals surface area contributed by atoms with Gasteiger partial charge in [0.2, 0.25) is 0 Å². The molecule has 0 N–H and O–H groups in total. The summed E-state index contributed by atoms with van der Waals surface area (Å²) in [5, 5.41) is 0. The Morgan fingerprint density at radius 3 is 0.317 bits per heavy atom. The molecule has 0 aliphatic carbocycles. The summed E-state index contributed by atoms with van der Waals surface area (Å²) < 4.78 is 0. The first kappa shape index (κ1) is 43.8. The Morgan fingerprint density at radius 2 is 0.244 bits per heavy atom. The van der Waals surface area contributed by atoms with Crippen LogP contribution in [0.25, 0.3) is 0 Å². The topological polar surface area (TPSA) is 0 Å². The van der Waals surface area contributed by atoms with E-state index >= 15 is 0 Å². The lowest BCUT2D eigenvalue weighted by atomic mass is 11.8. The van der Waals surface area contributed by atoms with Crippen LogP contribution in [0.4, 0.5) is 0 Å². The lowest BCUT2D eigenvalue weighted by Gasteiger charge is -2.80. The maximum atomic E-state index is 3.27. The fraction of sp³-hybridized carbons (Fsp3) is 1.00. The fourth-order valence-electron chi connectivity index (χ4n) is 18.6. The molecule has 0 rings (SSSR count). The normalized spacial score (nSPS) is 17.3. The molecule has 0 radical (unpaired) electrons. The van der Waals surface area contributed by atoms with E-state index < -0.39 is 93.4 Å². The molecule has 0 aromatic carbocycles. The summed E-state index contributed by atoms with van der Waals surface area (Å²) in [7, 11) is -14.8. The third-order valence-corrected chi connectivity index (χ3v) is 385. The third-order valence-electron chi connectivity index (χ3n) is 12.8. The molecular weight excluding hydrogens is 701 g/mol. The molecule has 0 aromatic heterocycles. The molecule has 0 spiro atoms. The van der Waals surface area contributed by atoms with Gasteiger partial charge in [-0.05, 0) is 0 Å².